The maximum atomic E-state index is 12.4. The highest BCUT2D eigenvalue weighted by Gasteiger charge is 2.44. The van der Waals surface area contributed by atoms with Crippen LogP contribution in [0.2, 0.25) is 0 Å². The van der Waals surface area contributed by atoms with Gasteiger partial charge in [-0.05, 0) is 43.4 Å². The Hall–Kier alpha value is -1.49. The summed E-state index contributed by atoms with van der Waals surface area (Å²) in [4.78, 5) is 26.6. The Balaban J connectivity index is 2.12. The monoisotopic (exact) mass is 293 g/mol. The quantitative estimate of drug-likeness (QED) is 0.867. The average molecular weight is 293 g/mol. The second-order valence-corrected chi connectivity index (χ2v) is 6.02. The molecule has 1 unspecified atom stereocenters. The number of nitrogens with zero attached hydrogens (tertiary/aromatic N) is 1. The fraction of sp³-hybridized carbons (Fsp3) is 0.467. The van der Waals surface area contributed by atoms with Crippen LogP contribution in [0.25, 0.3) is 0 Å². The number of carbonyl (C=O) groups excluding carboxylic acids is 1. The lowest BCUT2D eigenvalue weighted by Gasteiger charge is -2.23. The van der Waals surface area contributed by atoms with Gasteiger partial charge >= 0.3 is 5.97 Å². The molecule has 1 heterocycles. The molecule has 1 aliphatic heterocycles. The molecule has 1 saturated heterocycles. The summed E-state index contributed by atoms with van der Waals surface area (Å²) >= 11 is 1.63. The highest BCUT2D eigenvalue weighted by molar-refractivity contribution is 7.98. The predicted octanol–water partition coefficient (Wildman–Crippen LogP) is 2.74. The first-order valence-electron chi connectivity index (χ1n) is 6.69. The second-order valence-electron chi connectivity index (χ2n) is 5.14. The van der Waals surface area contributed by atoms with E-state index in [2.05, 4.69) is 0 Å². The van der Waals surface area contributed by atoms with Crippen LogP contribution >= 0.6 is 11.8 Å². The van der Waals surface area contributed by atoms with E-state index in [4.69, 9.17) is 0 Å². The predicted molar refractivity (Wildman–Crippen MR) is 79.1 cm³/mol. The van der Waals surface area contributed by atoms with Gasteiger partial charge in [0.25, 0.3) is 5.91 Å². The van der Waals surface area contributed by atoms with Gasteiger partial charge in [-0.25, -0.2) is 0 Å². The van der Waals surface area contributed by atoms with Crippen LogP contribution in [0.3, 0.4) is 0 Å². The van der Waals surface area contributed by atoms with Crippen LogP contribution in [0.15, 0.2) is 29.2 Å². The SMILES string of the molecule is CCC1(C(=O)O)CCN(C(=O)c2ccc(SC)cc2)C1. The summed E-state index contributed by atoms with van der Waals surface area (Å²) in [5.74, 6) is -0.873. The summed E-state index contributed by atoms with van der Waals surface area (Å²) in [5, 5.41) is 9.36. The fourth-order valence-electron chi connectivity index (χ4n) is 2.58. The normalized spacial score (nSPS) is 22.0. The number of hydrogen-bond acceptors (Lipinski definition) is 3. The molecule has 0 aliphatic carbocycles. The van der Waals surface area contributed by atoms with Crippen LogP contribution in [0.1, 0.15) is 30.1 Å². The maximum Gasteiger partial charge on any atom is 0.311 e. The maximum absolute atomic E-state index is 12.4. The standard InChI is InChI=1S/C15H19NO3S/c1-3-15(14(18)19)8-9-16(10-15)13(17)11-4-6-12(20-2)7-5-11/h4-7H,3,8-10H2,1-2H3,(H,18,19). The summed E-state index contributed by atoms with van der Waals surface area (Å²) < 4.78 is 0. The van der Waals surface area contributed by atoms with Crippen molar-refractivity contribution in [2.45, 2.75) is 24.7 Å². The molecule has 0 spiro atoms. The van der Waals surface area contributed by atoms with E-state index in [1.54, 1.807) is 28.8 Å². The van der Waals surface area contributed by atoms with Crippen molar-refractivity contribution in [3.63, 3.8) is 0 Å². The minimum absolute atomic E-state index is 0.0748. The van der Waals surface area contributed by atoms with Crippen LogP contribution in [0.4, 0.5) is 0 Å². The molecule has 0 saturated carbocycles. The van der Waals surface area contributed by atoms with Gasteiger partial charge in [0.15, 0.2) is 0 Å². The molecular weight excluding hydrogens is 274 g/mol. The molecule has 0 radical (unpaired) electrons. The van der Waals surface area contributed by atoms with Gasteiger partial charge in [0.05, 0.1) is 5.41 Å². The number of thioether (sulfide) groups is 1. The Morgan fingerprint density at radius 3 is 2.45 bits per heavy atom. The molecule has 108 valence electrons. The first kappa shape index (κ1) is 14.9. The second kappa shape index (κ2) is 5.87. The summed E-state index contributed by atoms with van der Waals surface area (Å²) in [6.07, 6.45) is 3.07. The van der Waals surface area contributed by atoms with Gasteiger partial charge in [0.1, 0.15) is 0 Å². The topological polar surface area (TPSA) is 57.6 Å². The van der Waals surface area contributed by atoms with E-state index in [9.17, 15) is 14.7 Å². The van der Waals surface area contributed by atoms with Crippen LogP contribution in [0, 0.1) is 5.41 Å². The van der Waals surface area contributed by atoms with Gasteiger partial charge in [0, 0.05) is 23.5 Å². The summed E-state index contributed by atoms with van der Waals surface area (Å²) in [6.45, 7) is 2.70. The van der Waals surface area contributed by atoms with Crippen molar-refractivity contribution in [3.8, 4) is 0 Å². The van der Waals surface area contributed by atoms with E-state index in [1.165, 1.54) is 0 Å². The largest absolute Gasteiger partial charge is 0.481 e. The zero-order valence-corrected chi connectivity index (χ0v) is 12.6. The number of carboxylic acid groups (broad SMARTS) is 1. The summed E-state index contributed by atoms with van der Waals surface area (Å²) in [7, 11) is 0. The number of likely N-dealkylation sites (tertiary alicyclic amines) is 1. The molecular formula is C15H19NO3S. The average Bonchev–Trinajstić information content (AvgIpc) is 2.92. The molecule has 4 nitrogen and oxygen atoms in total. The van der Waals surface area contributed by atoms with Crippen molar-refractivity contribution < 1.29 is 14.7 Å². The van der Waals surface area contributed by atoms with Crippen LogP contribution in [-0.4, -0.2) is 41.2 Å². The van der Waals surface area contributed by atoms with E-state index >= 15 is 0 Å². The molecule has 1 fully saturated rings. The van der Waals surface area contributed by atoms with E-state index in [0.717, 1.165) is 4.90 Å². The number of carboxylic acids is 1. The Morgan fingerprint density at radius 1 is 1.35 bits per heavy atom. The van der Waals surface area contributed by atoms with Crippen molar-refractivity contribution in [2.75, 3.05) is 19.3 Å². The van der Waals surface area contributed by atoms with Gasteiger partial charge in [-0.15, -0.1) is 11.8 Å². The first-order valence-corrected chi connectivity index (χ1v) is 7.91. The minimum atomic E-state index is -0.798. The third kappa shape index (κ3) is 2.68. The van der Waals surface area contributed by atoms with Crippen LogP contribution in [0.5, 0.6) is 0 Å². The van der Waals surface area contributed by atoms with Crippen LogP contribution < -0.4 is 0 Å². The Kier molecular flexibility index (Phi) is 4.38. The third-order valence-corrected chi connectivity index (χ3v) is 4.85. The van der Waals surface area contributed by atoms with E-state index in [-0.39, 0.29) is 5.91 Å². The molecule has 1 aromatic rings. The molecule has 20 heavy (non-hydrogen) atoms. The molecule has 0 aromatic heterocycles. The number of carbonyl (C=O) groups is 2. The number of hydrogen-bond donors (Lipinski definition) is 1. The van der Waals surface area contributed by atoms with E-state index < -0.39 is 11.4 Å². The first-order chi connectivity index (χ1) is 9.52. The highest BCUT2D eigenvalue weighted by atomic mass is 32.2. The number of amides is 1. The van der Waals surface area contributed by atoms with Crippen molar-refractivity contribution in [1.29, 1.82) is 0 Å². The van der Waals surface area contributed by atoms with Crippen LogP contribution in [-0.2, 0) is 4.79 Å². The van der Waals surface area contributed by atoms with Gasteiger partial charge in [-0.1, -0.05) is 6.92 Å². The Morgan fingerprint density at radius 2 is 2.00 bits per heavy atom. The van der Waals surface area contributed by atoms with E-state index in [0.29, 0.717) is 31.5 Å². The Bertz CT molecular complexity index is 514. The van der Waals surface area contributed by atoms with Crippen molar-refractivity contribution in [2.24, 2.45) is 5.41 Å². The van der Waals surface area contributed by atoms with Crippen molar-refractivity contribution in [1.82, 2.24) is 4.90 Å². The number of benzene rings is 1. The summed E-state index contributed by atoms with van der Waals surface area (Å²) in [6, 6.07) is 7.44. The fourth-order valence-corrected chi connectivity index (χ4v) is 2.98. The van der Waals surface area contributed by atoms with Crippen molar-refractivity contribution >= 4 is 23.6 Å². The van der Waals surface area contributed by atoms with Crippen molar-refractivity contribution in [3.05, 3.63) is 29.8 Å². The lowest BCUT2D eigenvalue weighted by atomic mass is 9.84. The summed E-state index contributed by atoms with van der Waals surface area (Å²) in [5.41, 5.74) is -0.144. The van der Waals surface area contributed by atoms with Gasteiger partial charge < -0.3 is 10.0 Å². The Labute approximate surface area is 123 Å². The number of rotatable bonds is 4. The molecule has 1 amide bonds. The molecule has 0 bridgehead atoms. The molecule has 1 aliphatic rings. The molecule has 2 rings (SSSR count). The third-order valence-electron chi connectivity index (χ3n) is 4.11. The molecule has 1 atom stereocenters. The lowest BCUT2D eigenvalue weighted by Crippen LogP contribution is -2.36. The zero-order chi connectivity index (χ0) is 14.8. The van der Waals surface area contributed by atoms with Gasteiger partial charge in [-0.3, -0.25) is 9.59 Å². The molecule has 5 heteroatoms. The zero-order valence-electron chi connectivity index (χ0n) is 11.8. The van der Waals surface area contributed by atoms with Gasteiger partial charge in [-0.2, -0.15) is 0 Å². The lowest BCUT2D eigenvalue weighted by molar-refractivity contribution is -0.148. The smallest absolute Gasteiger partial charge is 0.311 e. The molecule has 1 N–H and O–H groups in total. The highest BCUT2D eigenvalue weighted by Crippen LogP contribution is 2.34. The van der Waals surface area contributed by atoms with Gasteiger partial charge in [0.2, 0.25) is 0 Å². The van der Waals surface area contributed by atoms with E-state index in [1.807, 2.05) is 25.3 Å². The minimum Gasteiger partial charge on any atom is -0.481 e. The molecule has 1 aromatic carbocycles. The number of aliphatic carboxylic acids is 1.